The largest absolute Gasteiger partial charge is 0.405 e. The molecule has 5 rings (SSSR count). The highest BCUT2D eigenvalue weighted by Crippen LogP contribution is 2.51. The molecule has 0 bridgehead atoms. The molecule has 1 saturated heterocycles. The molecule has 1 unspecified atom stereocenters. The zero-order valence-corrected chi connectivity index (χ0v) is 20.6. The number of fused-ring (bicyclic) bond motifs is 1. The van der Waals surface area contributed by atoms with Gasteiger partial charge in [-0.3, -0.25) is 9.48 Å². The summed E-state index contributed by atoms with van der Waals surface area (Å²) in [5.41, 5.74) is 0.683. The van der Waals surface area contributed by atoms with Gasteiger partial charge in [-0.2, -0.15) is 27.8 Å². The summed E-state index contributed by atoms with van der Waals surface area (Å²) in [5, 5.41) is 16.9. The number of halogens is 3. The Kier molecular flexibility index (Phi) is 6.27. The predicted molar refractivity (Wildman–Crippen MR) is 130 cm³/mol. The lowest BCUT2D eigenvalue weighted by molar-refractivity contribution is -0.165. The van der Waals surface area contributed by atoms with Crippen LogP contribution < -0.4 is 10.9 Å². The maximum Gasteiger partial charge on any atom is 0.405 e. The van der Waals surface area contributed by atoms with Crippen LogP contribution in [-0.4, -0.2) is 46.3 Å². The summed E-state index contributed by atoms with van der Waals surface area (Å²) in [6.07, 6.45) is -0.0660. The number of anilines is 2. The van der Waals surface area contributed by atoms with Gasteiger partial charge in [-0.05, 0) is 67.9 Å². The predicted octanol–water partition coefficient (Wildman–Crippen LogP) is 4.27. The molecule has 196 valence electrons. The Morgan fingerprint density at radius 3 is 2.59 bits per heavy atom. The fourth-order valence-corrected chi connectivity index (χ4v) is 6.66. The molecule has 0 spiro atoms. The molecule has 13 heteroatoms. The Bertz CT molecular complexity index is 1520. The lowest BCUT2D eigenvalue weighted by atomic mass is 10.0. The van der Waals surface area contributed by atoms with Crippen LogP contribution in [0.2, 0.25) is 0 Å². The van der Waals surface area contributed by atoms with Crippen molar-refractivity contribution < 1.29 is 21.6 Å². The highest BCUT2D eigenvalue weighted by molar-refractivity contribution is 7.89. The highest BCUT2D eigenvalue weighted by atomic mass is 32.2. The molecular formula is C24H25F3N6O3S. The van der Waals surface area contributed by atoms with Crippen LogP contribution >= 0.6 is 0 Å². The lowest BCUT2D eigenvalue weighted by Crippen LogP contribution is -2.44. The SMILES string of the molecule is N#CCCC1(Cn2nc(Nc3ccc(S(=O)(=O)N4CCCC4C(F)(F)F)cc3)c3c(=O)[nH]ccc32)CC1. The van der Waals surface area contributed by atoms with Crippen LogP contribution in [0.5, 0.6) is 0 Å². The molecule has 1 atom stereocenters. The van der Waals surface area contributed by atoms with Crippen molar-refractivity contribution in [3.8, 4) is 6.07 Å². The van der Waals surface area contributed by atoms with Crippen LogP contribution in [0.1, 0.15) is 38.5 Å². The smallest absolute Gasteiger partial charge is 0.338 e. The number of nitrogens with zero attached hydrogens (tertiary/aromatic N) is 4. The van der Waals surface area contributed by atoms with Gasteiger partial charge in [0, 0.05) is 31.4 Å². The fraction of sp³-hybridized carbons (Fsp3) is 0.458. The van der Waals surface area contributed by atoms with Gasteiger partial charge in [0.1, 0.15) is 11.4 Å². The summed E-state index contributed by atoms with van der Waals surface area (Å²) in [5.74, 6) is 0.278. The molecule has 9 nitrogen and oxygen atoms in total. The van der Waals surface area contributed by atoms with E-state index in [-0.39, 0.29) is 41.1 Å². The Balaban J connectivity index is 1.41. The fourth-order valence-electron chi connectivity index (χ4n) is 4.98. The van der Waals surface area contributed by atoms with Crippen molar-refractivity contribution in [3.63, 3.8) is 0 Å². The van der Waals surface area contributed by atoms with Gasteiger partial charge >= 0.3 is 6.18 Å². The van der Waals surface area contributed by atoms with Crippen molar-refractivity contribution >= 4 is 32.4 Å². The summed E-state index contributed by atoms with van der Waals surface area (Å²) in [7, 11) is -4.33. The van der Waals surface area contributed by atoms with E-state index in [4.69, 9.17) is 5.26 Å². The topological polar surface area (TPSA) is 124 Å². The van der Waals surface area contributed by atoms with Crippen molar-refractivity contribution in [2.75, 3.05) is 11.9 Å². The third-order valence-corrected chi connectivity index (χ3v) is 9.11. The Hall–Kier alpha value is -3.37. The summed E-state index contributed by atoms with van der Waals surface area (Å²) in [4.78, 5) is 15.0. The average Bonchev–Trinajstić information content (AvgIpc) is 3.25. The van der Waals surface area contributed by atoms with Gasteiger partial charge in [0.25, 0.3) is 5.56 Å². The number of sulfonamides is 1. The molecule has 2 N–H and O–H groups in total. The molecule has 1 aliphatic carbocycles. The van der Waals surface area contributed by atoms with Crippen LogP contribution in [0.4, 0.5) is 24.7 Å². The number of hydrogen-bond donors (Lipinski definition) is 2. The number of aromatic nitrogens is 3. The summed E-state index contributed by atoms with van der Waals surface area (Å²) >= 11 is 0. The van der Waals surface area contributed by atoms with Crippen LogP contribution in [0, 0.1) is 16.7 Å². The molecule has 0 amide bonds. The van der Waals surface area contributed by atoms with Crippen molar-refractivity contribution in [1.29, 1.82) is 5.26 Å². The molecule has 3 aromatic rings. The Labute approximate surface area is 210 Å². The van der Waals surface area contributed by atoms with Gasteiger partial charge in [-0.25, -0.2) is 8.42 Å². The van der Waals surface area contributed by atoms with E-state index in [1.165, 1.54) is 30.5 Å². The average molecular weight is 535 g/mol. The number of benzene rings is 1. The lowest BCUT2D eigenvalue weighted by Gasteiger charge is -2.25. The third-order valence-electron chi connectivity index (χ3n) is 7.19. The van der Waals surface area contributed by atoms with Gasteiger partial charge in [0.15, 0.2) is 5.82 Å². The molecule has 37 heavy (non-hydrogen) atoms. The van der Waals surface area contributed by atoms with E-state index >= 15 is 0 Å². The molecular weight excluding hydrogens is 509 g/mol. The van der Waals surface area contributed by atoms with E-state index in [0.29, 0.717) is 33.9 Å². The monoisotopic (exact) mass is 534 g/mol. The minimum absolute atomic E-state index is 0.0194. The zero-order valence-electron chi connectivity index (χ0n) is 19.8. The first-order valence-corrected chi connectivity index (χ1v) is 13.4. The quantitative estimate of drug-likeness (QED) is 0.445. The summed E-state index contributed by atoms with van der Waals surface area (Å²) in [6, 6.07) is 7.25. The summed E-state index contributed by atoms with van der Waals surface area (Å²) < 4.78 is 68.1. The first-order valence-electron chi connectivity index (χ1n) is 11.9. The van der Waals surface area contributed by atoms with Crippen molar-refractivity contribution in [2.24, 2.45) is 5.41 Å². The molecule has 2 fully saturated rings. The third kappa shape index (κ3) is 4.83. The summed E-state index contributed by atoms with van der Waals surface area (Å²) in [6.45, 7) is 0.373. The number of hydrogen-bond acceptors (Lipinski definition) is 6. The van der Waals surface area contributed by atoms with Crippen molar-refractivity contribution in [2.45, 2.75) is 62.2 Å². The van der Waals surface area contributed by atoms with E-state index in [1.807, 2.05) is 0 Å². The minimum atomic E-state index is -4.63. The second-order valence-electron chi connectivity index (χ2n) is 9.70. The maximum absolute atomic E-state index is 13.3. The van der Waals surface area contributed by atoms with E-state index in [2.05, 4.69) is 21.5 Å². The number of rotatable bonds is 8. The van der Waals surface area contributed by atoms with Gasteiger partial charge < -0.3 is 10.3 Å². The first-order chi connectivity index (χ1) is 17.5. The van der Waals surface area contributed by atoms with Gasteiger partial charge in [-0.15, -0.1) is 0 Å². The van der Waals surface area contributed by atoms with E-state index in [0.717, 1.165) is 19.3 Å². The van der Waals surface area contributed by atoms with E-state index < -0.39 is 22.2 Å². The molecule has 2 aliphatic rings. The van der Waals surface area contributed by atoms with Gasteiger partial charge in [0.05, 0.1) is 16.5 Å². The second kappa shape index (κ2) is 9.18. The zero-order chi connectivity index (χ0) is 26.4. The first kappa shape index (κ1) is 25.3. The number of H-pyrrole nitrogens is 1. The molecule has 2 aromatic heterocycles. The van der Waals surface area contributed by atoms with Crippen LogP contribution in [0.25, 0.3) is 10.9 Å². The standard InChI is InChI=1S/C24H25F3N6O3S/c25-24(26,27)19-3-1-14-33(19)37(35,36)17-6-4-16(5-7-17)30-21-20-18(8-13-29-22(20)34)32(31-21)15-23(10-11-23)9-2-12-28/h4-8,13,19H,1-3,9-11,14-15H2,(H,29,34)(H,30,31). The number of aromatic amines is 1. The molecule has 3 heterocycles. The molecule has 0 radical (unpaired) electrons. The number of nitrogens with one attached hydrogen (secondary N) is 2. The van der Waals surface area contributed by atoms with Gasteiger partial charge in [0.2, 0.25) is 10.0 Å². The molecule has 1 saturated carbocycles. The maximum atomic E-state index is 13.3. The van der Waals surface area contributed by atoms with E-state index in [1.54, 1.807) is 10.7 Å². The van der Waals surface area contributed by atoms with Gasteiger partial charge in [-0.1, -0.05) is 0 Å². The Morgan fingerprint density at radius 1 is 1.22 bits per heavy atom. The molecule has 1 aromatic carbocycles. The number of nitriles is 1. The van der Waals surface area contributed by atoms with Crippen LogP contribution in [-0.2, 0) is 16.6 Å². The minimum Gasteiger partial charge on any atom is -0.338 e. The number of alkyl halides is 3. The van der Waals surface area contributed by atoms with Crippen molar-refractivity contribution in [3.05, 3.63) is 46.9 Å². The number of pyridine rings is 1. The van der Waals surface area contributed by atoms with Crippen molar-refractivity contribution in [1.82, 2.24) is 19.1 Å². The second-order valence-corrected chi connectivity index (χ2v) is 11.6. The van der Waals surface area contributed by atoms with E-state index in [9.17, 15) is 26.4 Å². The van der Waals surface area contributed by atoms with Crippen LogP contribution in [0.15, 0.2) is 46.2 Å². The Morgan fingerprint density at radius 2 is 1.95 bits per heavy atom. The highest BCUT2D eigenvalue weighted by Gasteiger charge is 2.50. The van der Waals surface area contributed by atoms with Crippen LogP contribution in [0.3, 0.4) is 0 Å². The molecule has 1 aliphatic heterocycles. The normalized spacial score (nSPS) is 19.7.